The van der Waals surface area contributed by atoms with E-state index in [1.807, 2.05) is 0 Å². The van der Waals surface area contributed by atoms with Crippen LogP contribution < -0.4 is 0 Å². The number of nitriles is 1. The third-order valence-corrected chi connectivity index (χ3v) is 2.95. The largest absolute Gasteiger partial charge is 0.303 e. The third-order valence-electron chi connectivity index (χ3n) is 2.95. The lowest BCUT2D eigenvalue weighted by Gasteiger charge is -2.31. The molecule has 1 rings (SSSR count). The molecule has 0 saturated carbocycles. The van der Waals surface area contributed by atoms with Crippen LogP contribution in [0.1, 0.15) is 40.0 Å². The van der Waals surface area contributed by atoms with Gasteiger partial charge in [0.15, 0.2) is 0 Å². The molecule has 1 saturated heterocycles. The number of likely N-dealkylation sites (tertiary alicyclic amines) is 1. The molecule has 0 aromatic carbocycles. The maximum atomic E-state index is 8.77. The Morgan fingerprint density at radius 3 is 2.29 bits per heavy atom. The number of hydrogen-bond donors (Lipinski definition) is 0. The molecule has 0 atom stereocenters. The minimum Gasteiger partial charge on any atom is -0.303 e. The molecule has 0 N–H and O–H groups in total. The smallest absolute Gasteiger partial charge is 0.0656 e. The van der Waals surface area contributed by atoms with E-state index in [1.54, 1.807) is 0 Å². The van der Waals surface area contributed by atoms with E-state index < -0.39 is 0 Å². The molecule has 2 nitrogen and oxygen atoms in total. The van der Waals surface area contributed by atoms with Gasteiger partial charge in [-0.2, -0.15) is 5.26 Å². The molecule has 0 radical (unpaired) electrons. The van der Waals surface area contributed by atoms with Gasteiger partial charge >= 0.3 is 0 Å². The van der Waals surface area contributed by atoms with Crippen molar-refractivity contribution in [3.8, 4) is 6.07 Å². The summed E-state index contributed by atoms with van der Waals surface area (Å²) in [6, 6.07) is 2.37. The predicted molar refractivity (Wildman–Crippen MR) is 58.8 cm³/mol. The van der Waals surface area contributed by atoms with Crippen molar-refractivity contribution in [3.05, 3.63) is 0 Å². The van der Waals surface area contributed by atoms with Crippen molar-refractivity contribution in [2.24, 2.45) is 11.3 Å². The number of nitrogens with zero attached hydrogens (tertiary/aromatic N) is 2. The summed E-state index contributed by atoms with van der Waals surface area (Å²) in [5.74, 6) is 0.320. The second-order valence-corrected chi connectivity index (χ2v) is 5.56. The van der Waals surface area contributed by atoms with Gasteiger partial charge in [-0.1, -0.05) is 20.8 Å². The number of hydrogen-bond acceptors (Lipinski definition) is 2. The fraction of sp³-hybridized carbons (Fsp3) is 0.917. The Hall–Kier alpha value is -0.550. The van der Waals surface area contributed by atoms with Crippen LogP contribution in [0, 0.1) is 22.7 Å². The van der Waals surface area contributed by atoms with Gasteiger partial charge in [0.1, 0.15) is 0 Å². The average Bonchev–Trinajstić information content (AvgIpc) is 2.14. The van der Waals surface area contributed by atoms with E-state index in [4.69, 9.17) is 5.26 Å². The van der Waals surface area contributed by atoms with E-state index in [2.05, 4.69) is 31.7 Å². The molecule has 0 aliphatic carbocycles. The molecule has 0 spiro atoms. The van der Waals surface area contributed by atoms with Crippen LogP contribution in [0.25, 0.3) is 0 Å². The van der Waals surface area contributed by atoms with Crippen molar-refractivity contribution in [1.29, 1.82) is 5.26 Å². The van der Waals surface area contributed by atoms with Gasteiger partial charge in [-0.3, -0.25) is 0 Å². The highest BCUT2D eigenvalue weighted by molar-refractivity contribution is 4.87. The quantitative estimate of drug-likeness (QED) is 0.675. The Kier molecular flexibility index (Phi) is 3.95. The Morgan fingerprint density at radius 1 is 1.29 bits per heavy atom. The van der Waals surface area contributed by atoms with Crippen molar-refractivity contribution in [1.82, 2.24) is 4.90 Å². The van der Waals surface area contributed by atoms with Gasteiger partial charge in [-0.05, 0) is 44.3 Å². The monoisotopic (exact) mass is 194 g/mol. The molecule has 1 aliphatic rings. The first-order valence-corrected chi connectivity index (χ1v) is 5.63. The van der Waals surface area contributed by atoms with Crippen molar-refractivity contribution >= 4 is 0 Å². The van der Waals surface area contributed by atoms with Crippen LogP contribution in [0.3, 0.4) is 0 Å². The van der Waals surface area contributed by atoms with E-state index in [0.29, 0.717) is 11.3 Å². The summed E-state index contributed by atoms with van der Waals surface area (Å²) in [6.07, 6.45) is 3.39. The van der Waals surface area contributed by atoms with Gasteiger partial charge in [0, 0.05) is 5.92 Å². The fourth-order valence-electron chi connectivity index (χ4n) is 1.78. The lowest BCUT2D eigenvalue weighted by atomic mass is 9.91. The molecular weight excluding hydrogens is 172 g/mol. The SMILES string of the molecule is CC(C)(C)CCN1CCC(C#N)CC1. The van der Waals surface area contributed by atoms with E-state index >= 15 is 0 Å². The van der Waals surface area contributed by atoms with Crippen molar-refractivity contribution < 1.29 is 0 Å². The van der Waals surface area contributed by atoms with E-state index in [9.17, 15) is 0 Å². The molecule has 2 heteroatoms. The third kappa shape index (κ3) is 4.11. The summed E-state index contributed by atoms with van der Waals surface area (Å²) in [4.78, 5) is 2.50. The minimum atomic E-state index is 0.320. The zero-order chi connectivity index (χ0) is 10.6. The molecule has 0 bridgehead atoms. The minimum absolute atomic E-state index is 0.320. The molecule has 1 aliphatic heterocycles. The summed E-state index contributed by atoms with van der Waals surface area (Å²) in [6.45, 7) is 10.3. The molecule has 1 fully saturated rings. The highest BCUT2D eigenvalue weighted by Crippen LogP contribution is 2.21. The predicted octanol–water partition coefficient (Wildman–Crippen LogP) is 2.66. The van der Waals surface area contributed by atoms with Crippen LogP contribution in [0.15, 0.2) is 0 Å². The Morgan fingerprint density at radius 2 is 1.86 bits per heavy atom. The molecule has 0 amide bonds. The lowest BCUT2D eigenvalue weighted by Crippen LogP contribution is -2.35. The topological polar surface area (TPSA) is 27.0 Å². The van der Waals surface area contributed by atoms with Crippen LogP contribution in [0.2, 0.25) is 0 Å². The van der Waals surface area contributed by atoms with E-state index in [0.717, 1.165) is 25.9 Å². The zero-order valence-corrected chi connectivity index (χ0v) is 9.71. The average molecular weight is 194 g/mol. The van der Waals surface area contributed by atoms with Gasteiger partial charge < -0.3 is 4.90 Å². The van der Waals surface area contributed by atoms with Crippen molar-refractivity contribution in [3.63, 3.8) is 0 Å². The first-order valence-electron chi connectivity index (χ1n) is 5.63. The van der Waals surface area contributed by atoms with Crippen LogP contribution in [-0.4, -0.2) is 24.5 Å². The molecule has 80 valence electrons. The van der Waals surface area contributed by atoms with Crippen LogP contribution in [0.4, 0.5) is 0 Å². The second kappa shape index (κ2) is 4.79. The van der Waals surface area contributed by atoms with Gasteiger partial charge in [-0.15, -0.1) is 0 Å². The zero-order valence-electron chi connectivity index (χ0n) is 9.71. The van der Waals surface area contributed by atoms with Gasteiger partial charge in [0.25, 0.3) is 0 Å². The van der Waals surface area contributed by atoms with Crippen LogP contribution in [0.5, 0.6) is 0 Å². The molecular formula is C12H22N2. The summed E-state index contributed by atoms with van der Waals surface area (Å²) in [5, 5.41) is 8.77. The molecule has 1 heterocycles. The Balaban J connectivity index is 2.20. The highest BCUT2D eigenvalue weighted by atomic mass is 15.1. The summed E-state index contributed by atoms with van der Waals surface area (Å²) >= 11 is 0. The highest BCUT2D eigenvalue weighted by Gasteiger charge is 2.20. The normalized spacial score (nSPS) is 20.7. The number of piperidine rings is 1. The van der Waals surface area contributed by atoms with Gasteiger partial charge in [0.05, 0.1) is 6.07 Å². The first kappa shape index (κ1) is 11.5. The van der Waals surface area contributed by atoms with E-state index in [-0.39, 0.29) is 0 Å². The fourth-order valence-corrected chi connectivity index (χ4v) is 1.78. The molecule has 0 unspecified atom stereocenters. The standard InChI is InChI=1S/C12H22N2/c1-12(2,3)6-9-14-7-4-11(10-13)5-8-14/h11H,4-9H2,1-3H3. The molecule has 0 aromatic rings. The Bertz CT molecular complexity index is 201. The Labute approximate surface area is 87.9 Å². The van der Waals surface area contributed by atoms with Crippen LogP contribution >= 0.6 is 0 Å². The molecule has 0 aromatic heterocycles. The maximum absolute atomic E-state index is 8.77. The van der Waals surface area contributed by atoms with Crippen LogP contribution in [-0.2, 0) is 0 Å². The maximum Gasteiger partial charge on any atom is 0.0656 e. The summed E-state index contributed by atoms with van der Waals surface area (Å²) in [7, 11) is 0. The molecule has 14 heavy (non-hydrogen) atoms. The second-order valence-electron chi connectivity index (χ2n) is 5.56. The van der Waals surface area contributed by atoms with Gasteiger partial charge in [-0.25, -0.2) is 0 Å². The van der Waals surface area contributed by atoms with Crippen molar-refractivity contribution in [2.45, 2.75) is 40.0 Å². The summed E-state index contributed by atoms with van der Waals surface area (Å²) in [5.41, 5.74) is 0.437. The first-order chi connectivity index (χ1) is 6.51. The van der Waals surface area contributed by atoms with Crippen molar-refractivity contribution in [2.75, 3.05) is 19.6 Å². The summed E-state index contributed by atoms with van der Waals surface area (Å²) < 4.78 is 0. The van der Waals surface area contributed by atoms with Gasteiger partial charge in [0.2, 0.25) is 0 Å². The van der Waals surface area contributed by atoms with E-state index in [1.165, 1.54) is 13.0 Å². The lowest BCUT2D eigenvalue weighted by molar-refractivity contribution is 0.180. The number of rotatable bonds is 2.